The Hall–Kier alpha value is -1.13. The molecule has 2 N–H and O–H groups in total. The summed E-state index contributed by atoms with van der Waals surface area (Å²) < 4.78 is 11.1. The SMILES string of the molecule is CC(C)CCOCCOc1ccccc1C(N)=S. The van der Waals surface area contributed by atoms with E-state index in [-0.39, 0.29) is 0 Å². The van der Waals surface area contributed by atoms with Crippen molar-refractivity contribution in [3.63, 3.8) is 0 Å². The Kier molecular flexibility index (Phi) is 6.68. The van der Waals surface area contributed by atoms with Gasteiger partial charge in [0.25, 0.3) is 0 Å². The minimum Gasteiger partial charge on any atom is -0.490 e. The van der Waals surface area contributed by atoms with Crippen LogP contribution in [0.2, 0.25) is 0 Å². The average molecular weight is 267 g/mol. The highest BCUT2D eigenvalue weighted by Gasteiger charge is 2.04. The van der Waals surface area contributed by atoms with Crippen LogP contribution >= 0.6 is 12.2 Å². The molecule has 0 aliphatic heterocycles. The molecule has 0 aliphatic rings. The summed E-state index contributed by atoms with van der Waals surface area (Å²) in [6.45, 7) is 6.23. The Morgan fingerprint density at radius 1 is 1.22 bits per heavy atom. The quantitative estimate of drug-likeness (QED) is 0.581. The van der Waals surface area contributed by atoms with E-state index in [0.717, 1.165) is 24.3 Å². The second-order valence-corrected chi connectivity index (χ2v) is 4.94. The highest BCUT2D eigenvalue weighted by Crippen LogP contribution is 2.17. The van der Waals surface area contributed by atoms with Crippen LogP contribution in [0.5, 0.6) is 5.75 Å². The van der Waals surface area contributed by atoms with Crippen molar-refractivity contribution < 1.29 is 9.47 Å². The highest BCUT2D eigenvalue weighted by atomic mass is 32.1. The minimum absolute atomic E-state index is 0.353. The Morgan fingerprint density at radius 3 is 2.61 bits per heavy atom. The number of benzene rings is 1. The van der Waals surface area contributed by atoms with Gasteiger partial charge in [0.05, 0.1) is 12.2 Å². The molecule has 0 atom stereocenters. The molecule has 0 spiro atoms. The number of para-hydroxylation sites is 1. The Morgan fingerprint density at radius 2 is 1.94 bits per heavy atom. The second-order valence-electron chi connectivity index (χ2n) is 4.50. The maximum Gasteiger partial charge on any atom is 0.129 e. The fourth-order valence-corrected chi connectivity index (χ4v) is 1.60. The summed E-state index contributed by atoms with van der Waals surface area (Å²) in [4.78, 5) is 0.353. The number of hydrogen-bond acceptors (Lipinski definition) is 3. The number of rotatable bonds is 8. The standard InChI is InChI=1S/C14H21NO2S/c1-11(2)7-8-16-9-10-17-13-6-4-3-5-12(13)14(15)18/h3-6,11H,7-10H2,1-2H3,(H2,15,18). The Balaban J connectivity index is 2.29. The van der Waals surface area contributed by atoms with Gasteiger partial charge in [-0.25, -0.2) is 0 Å². The van der Waals surface area contributed by atoms with E-state index in [4.69, 9.17) is 27.4 Å². The third kappa shape index (κ3) is 5.47. The van der Waals surface area contributed by atoms with Crippen LogP contribution in [0.25, 0.3) is 0 Å². The topological polar surface area (TPSA) is 44.5 Å². The van der Waals surface area contributed by atoms with Gasteiger partial charge in [-0.05, 0) is 24.5 Å². The zero-order valence-corrected chi connectivity index (χ0v) is 11.8. The van der Waals surface area contributed by atoms with Crippen LogP contribution in [-0.4, -0.2) is 24.8 Å². The fraction of sp³-hybridized carbons (Fsp3) is 0.500. The monoisotopic (exact) mass is 267 g/mol. The Labute approximate surface area is 114 Å². The van der Waals surface area contributed by atoms with Gasteiger partial charge in [0.15, 0.2) is 0 Å². The normalized spacial score (nSPS) is 10.6. The van der Waals surface area contributed by atoms with E-state index in [0.29, 0.717) is 24.1 Å². The largest absolute Gasteiger partial charge is 0.490 e. The molecule has 0 fully saturated rings. The molecule has 0 aliphatic carbocycles. The van der Waals surface area contributed by atoms with E-state index in [1.54, 1.807) is 0 Å². The lowest BCUT2D eigenvalue weighted by Gasteiger charge is -2.11. The molecule has 0 saturated heterocycles. The first-order valence-electron chi connectivity index (χ1n) is 6.20. The summed E-state index contributed by atoms with van der Waals surface area (Å²) >= 11 is 4.97. The van der Waals surface area contributed by atoms with Crippen LogP contribution in [0, 0.1) is 5.92 Å². The molecule has 0 radical (unpaired) electrons. The molecular formula is C14H21NO2S. The van der Waals surface area contributed by atoms with E-state index in [1.807, 2.05) is 24.3 Å². The molecule has 0 unspecified atom stereocenters. The summed E-state index contributed by atoms with van der Waals surface area (Å²) in [6, 6.07) is 7.51. The molecule has 0 amide bonds. The third-order valence-electron chi connectivity index (χ3n) is 2.48. The van der Waals surface area contributed by atoms with E-state index in [2.05, 4.69) is 13.8 Å². The highest BCUT2D eigenvalue weighted by molar-refractivity contribution is 7.80. The molecule has 3 nitrogen and oxygen atoms in total. The van der Waals surface area contributed by atoms with Crippen molar-refractivity contribution in [1.82, 2.24) is 0 Å². The molecule has 1 rings (SSSR count). The lowest BCUT2D eigenvalue weighted by Crippen LogP contribution is -2.14. The lowest BCUT2D eigenvalue weighted by molar-refractivity contribution is 0.0925. The van der Waals surface area contributed by atoms with E-state index < -0.39 is 0 Å². The molecule has 4 heteroatoms. The first-order valence-corrected chi connectivity index (χ1v) is 6.61. The number of ether oxygens (including phenoxy) is 2. The van der Waals surface area contributed by atoms with Crippen molar-refractivity contribution in [1.29, 1.82) is 0 Å². The maximum absolute atomic E-state index is 5.62. The zero-order chi connectivity index (χ0) is 13.4. The molecule has 0 saturated carbocycles. The maximum atomic E-state index is 5.62. The number of hydrogen-bond donors (Lipinski definition) is 1. The van der Waals surface area contributed by atoms with Gasteiger partial charge in [-0.1, -0.05) is 38.2 Å². The predicted molar refractivity (Wildman–Crippen MR) is 78.1 cm³/mol. The summed E-state index contributed by atoms with van der Waals surface area (Å²) in [5.74, 6) is 1.39. The van der Waals surface area contributed by atoms with E-state index in [9.17, 15) is 0 Å². The van der Waals surface area contributed by atoms with E-state index >= 15 is 0 Å². The first kappa shape index (κ1) is 14.9. The molecule has 18 heavy (non-hydrogen) atoms. The van der Waals surface area contributed by atoms with Crippen molar-refractivity contribution in [2.75, 3.05) is 19.8 Å². The van der Waals surface area contributed by atoms with E-state index in [1.165, 1.54) is 0 Å². The molecule has 1 aromatic rings. The van der Waals surface area contributed by atoms with Crippen LogP contribution in [0.4, 0.5) is 0 Å². The van der Waals surface area contributed by atoms with Crippen LogP contribution in [0.15, 0.2) is 24.3 Å². The predicted octanol–water partition coefficient (Wildman–Crippen LogP) is 2.76. The van der Waals surface area contributed by atoms with Gasteiger partial charge in [0.1, 0.15) is 17.3 Å². The van der Waals surface area contributed by atoms with Crippen molar-refractivity contribution in [2.45, 2.75) is 20.3 Å². The van der Waals surface area contributed by atoms with Crippen LogP contribution in [-0.2, 0) is 4.74 Å². The third-order valence-corrected chi connectivity index (χ3v) is 2.70. The lowest BCUT2D eigenvalue weighted by atomic mass is 10.1. The molecule has 0 aromatic heterocycles. The Bertz CT molecular complexity index is 380. The van der Waals surface area contributed by atoms with Gasteiger partial charge in [-0.3, -0.25) is 0 Å². The van der Waals surface area contributed by atoms with Crippen molar-refractivity contribution in [3.8, 4) is 5.75 Å². The van der Waals surface area contributed by atoms with Gasteiger partial charge < -0.3 is 15.2 Å². The minimum atomic E-state index is 0.353. The van der Waals surface area contributed by atoms with Crippen LogP contribution in [0.1, 0.15) is 25.8 Å². The van der Waals surface area contributed by atoms with Crippen molar-refractivity contribution in [3.05, 3.63) is 29.8 Å². The summed E-state index contributed by atoms with van der Waals surface area (Å²) in [5.41, 5.74) is 6.39. The molecular weight excluding hydrogens is 246 g/mol. The summed E-state index contributed by atoms with van der Waals surface area (Å²) in [7, 11) is 0. The van der Waals surface area contributed by atoms with Gasteiger partial charge in [0, 0.05) is 6.61 Å². The average Bonchev–Trinajstić information content (AvgIpc) is 2.33. The first-order chi connectivity index (χ1) is 8.61. The van der Waals surface area contributed by atoms with Gasteiger partial charge in [0.2, 0.25) is 0 Å². The second kappa shape index (κ2) is 8.06. The smallest absolute Gasteiger partial charge is 0.129 e. The summed E-state index contributed by atoms with van der Waals surface area (Å²) in [5, 5.41) is 0. The molecule has 1 aromatic carbocycles. The molecule has 0 bridgehead atoms. The zero-order valence-electron chi connectivity index (χ0n) is 11.0. The van der Waals surface area contributed by atoms with Gasteiger partial charge >= 0.3 is 0 Å². The van der Waals surface area contributed by atoms with Gasteiger partial charge in [-0.2, -0.15) is 0 Å². The van der Waals surface area contributed by atoms with Crippen LogP contribution < -0.4 is 10.5 Å². The summed E-state index contributed by atoms with van der Waals surface area (Å²) in [6.07, 6.45) is 1.07. The van der Waals surface area contributed by atoms with Gasteiger partial charge in [-0.15, -0.1) is 0 Å². The van der Waals surface area contributed by atoms with Crippen molar-refractivity contribution in [2.24, 2.45) is 11.7 Å². The number of nitrogens with two attached hydrogens (primary N) is 1. The molecule has 100 valence electrons. The van der Waals surface area contributed by atoms with Crippen molar-refractivity contribution >= 4 is 17.2 Å². The molecule has 0 heterocycles. The van der Waals surface area contributed by atoms with Crippen LogP contribution in [0.3, 0.4) is 0 Å². The number of thiocarbonyl (C=S) groups is 1. The fourth-order valence-electron chi connectivity index (χ4n) is 1.43.